The van der Waals surface area contributed by atoms with Gasteiger partial charge in [0.2, 0.25) is 0 Å². The first-order chi connectivity index (χ1) is 14.9. The van der Waals surface area contributed by atoms with Crippen molar-refractivity contribution in [2.24, 2.45) is 0 Å². The summed E-state index contributed by atoms with van der Waals surface area (Å²) in [6.45, 7) is -1.48. The number of ether oxygens (including phenoxy) is 1. The summed E-state index contributed by atoms with van der Waals surface area (Å²) in [5.41, 5.74) is -1.38. The minimum Gasteiger partial charge on any atom is -0.388 e. The van der Waals surface area contributed by atoms with Crippen LogP contribution in [0.3, 0.4) is 0 Å². The largest absolute Gasteiger partial charge is 0.388 e. The zero-order chi connectivity index (χ0) is 23.8. The van der Waals surface area contributed by atoms with Crippen LogP contribution >= 0.6 is 7.60 Å². The summed E-state index contributed by atoms with van der Waals surface area (Å²) in [4.78, 5) is 58.6. The highest BCUT2D eigenvalue weighted by Gasteiger charge is 2.47. The van der Waals surface area contributed by atoms with Crippen LogP contribution in [0.2, 0.25) is 0 Å². The minimum atomic E-state index is -4.41. The van der Waals surface area contributed by atoms with Gasteiger partial charge in [0.1, 0.15) is 24.4 Å². The molecule has 15 nitrogen and oxygen atoms in total. The molecule has 1 unspecified atom stereocenters. The Hall–Kier alpha value is -2.23. The van der Waals surface area contributed by atoms with Crippen LogP contribution in [0.1, 0.15) is 0 Å². The van der Waals surface area contributed by atoms with E-state index in [9.17, 15) is 49.1 Å². The molecular weight excluding hydrogens is 457 g/mol. The molecule has 32 heavy (non-hydrogen) atoms. The Balaban J connectivity index is 1.54. The number of hydrogen-bond donors (Lipinski definition) is 6. The molecule has 0 bridgehead atoms. The predicted octanol–water partition coefficient (Wildman–Crippen LogP) is -4.68. The maximum Gasteiger partial charge on any atom is 0.330 e. The molecule has 0 spiro atoms. The van der Waals surface area contributed by atoms with Crippen molar-refractivity contribution in [2.45, 2.75) is 43.2 Å². The number of likely N-dealkylation sites (tertiary alicyclic amines) is 1. The van der Waals surface area contributed by atoms with Crippen molar-refractivity contribution < 1.29 is 48.7 Å². The second-order valence-electron chi connectivity index (χ2n) is 7.33. The van der Waals surface area contributed by atoms with Gasteiger partial charge in [-0.25, -0.2) is 4.79 Å². The van der Waals surface area contributed by atoms with Crippen molar-refractivity contribution >= 4 is 19.4 Å². The topological polar surface area (TPSA) is 229 Å². The number of aromatic nitrogens is 2. The number of aliphatic hydroxyl groups is 4. The van der Waals surface area contributed by atoms with Crippen molar-refractivity contribution in [1.82, 2.24) is 14.5 Å². The molecule has 178 valence electrons. The molecular formula is C16H22N3O12P. The van der Waals surface area contributed by atoms with Crippen molar-refractivity contribution in [3.05, 3.63) is 33.1 Å². The molecule has 0 aliphatic carbocycles. The molecule has 0 radical (unpaired) electrons. The highest BCUT2D eigenvalue weighted by Crippen LogP contribution is 2.42. The van der Waals surface area contributed by atoms with Crippen LogP contribution in [0.25, 0.3) is 0 Å². The molecule has 3 rings (SSSR count). The van der Waals surface area contributed by atoms with Crippen LogP contribution in [-0.4, -0.2) is 108 Å². The van der Waals surface area contributed by atoms with E-state index in [1.807, 2.05) is 4.98 Å². The number of carbonyl (C=O) groups excluding carboxylic acids is 2. The summed E-state index contributed by atoms with van der Waals surface area (Å²) in [5.74, 6) is -2.22. The number of nitrogens with one attached hydrogen (secondary N) is 1. The normalized spacial score (nSPS) is 32.5. The number of aromatic amines is 1. The van der Waals surface area contributed by atoms with Gasteiger partial charge in [0.25, 0.3) is 17.4 Å². The predicted molar refractivity (Wildman–Crippen MR) is 101 cm³/mol. The molecule has 2 aliphatic heterocycles. The van der Waals surface area contributed by atoms with Gasteiger partial charge in [0.05, 0.1) is 19.3 Å². The standard InChI is InChI=1S/C16H22N3O12P/c20-9-1-2-18(16(27)17-9)5-7-10(21)11(22)8(31-7)6-30-32(28,29)4-3-19-14(25)12(23)13(24)15(19)26/h1-2,7-8,10-13,21-24H,3-6H2,(H,28,29)(H,17,20,27)/t7-,8+,10-,11+,12-,13-/m0/s1. The molecule has 1 aromatic rings. The van der Waals surface area contributed by atoms with Crippen LogP contribution in [0, 0.1) is 0 Å². The summed E-state index contributed by atoms with van der Waals surface area (Å²) in [6.07, 6.45) is -8.77. The lowest BCUT2D eigenvalue weighted by Gasteiger charge is -2.20. The lowest BCUT2D eigenvalue weighted by atomic mass is 10.1. The highest BCUT2D eigenvalue weighted by atomic mass is 31.2. The Morgan fingerprint density at radius 2 is 1.62 bits per heavy atom. The lowest BCUT2D eigenvalue weighted by molar-refractivity contribution is -0.141. The first kappa shape index (κ1) is 24.4. The van der Waals surface area contributed by atoms with Gasteiger partial charge in [-0.1, -0.05) is 0 Å². The number of carbonyl (C=O) groups is 2. The Bertz CT molecular complexity index is 1020. The summed E-state index contributed by atoms with van der Waals surface area (Å²) >= 11 is 0. The quantitative estimate of drug-likeness (QED) is 0.153. The van der Waals surface area contributed by atoms with Gasteiger partial charge in [-0.3, -0.25) is 33.4 Å². The van der Waals surface area contributed by atoms with E-state index in [0.717, 1.165) is 10.6 Å². The van der Waals surface area contributed by atoms with E-state index in [1.165, 1.54) is 6.20 Å². The maximum absolute atomic E-state index is 12.2. The van der Waals surface area contributed by atoms with Crippen LogP contribution in [0.15, 0.2) is 21.9 Å². The number of nitrogens with zero attached hydrogens (tertiary/aromatic N) is 2. The van der Waals surface area contributed by atoms with E-state index < -0.39 is 86.6 Å². The Morgan fingerprint density at radius 1 is 1.03 bits per heavy atom. The smallest absolute Gasteiger partial charge is 0.330 e. The number of H-pyrrole nitrogens is 1. The number of amides is 2. The summed E-state index contributed by atoms with van der Waals surface area (Å²) in [7, 11) is -4.41. The third-order valence-electron chi connectivity index (χ3n) is 5.12. The van der Waals surface area contributed by atoms with Crippen LogP contribution in [-0.2, 0) is 30.0 Å². The van der Waals surface area contributed by atoms with Gasteiger partial charge >= 0.3 is 13.3 Å². The van der Waals surface area contributed by atoms with E-state index in [4.69, 9.17) is 9.26 Å². The molecule has 0 saturated carbocycles. The van der Waals surface area contributed by atoms with E-state index >= 15 is 0 Å². The average Bonchev–Trinajstić information content (AvgIpc) is 3.10. The number of rotatable bonds is 8. The molecule has 2 saturated heterocycles. The number of imide groups is 1. The Labute approximate surface area is 179 Å². The van der Waals surface area contributed by atoms with Crippen LogP contribution in [0.5, 0.6) is 0 Å². The van der Waals surface area contributed by atoms with Crippen molar-refractivity contribution in [3.8, 4) is 0 Å². The Morgan fingerprint density at radius 3 is 2.22 bits per heavy atom. The third-order valence-corrected chi connectivity index (χ3v) is 6.44. The van der Waals surface area contributed by atoms with Gasteiger partial charge in [-0.05, 0) is 0 Å². The minimum absolute atomic E-state index is 0.231. The Kier molecular flexibility index (Phi) is 7.12. The molecule has 0 aromatic carbocycles. The average molecular weight is 479 g/mol. The molecule has 3 heterocycles. The molecule has 2 amide bonds. The molecule has 6 N–H and O–H groups in total. The fourth-order valence-electron chi connectivity index (χ4n) is 3.30. The molecule has 16 heteroatoms. The monoisotopic (exact) mass is 479 g/mol. The van der Waals surface area contributed by atoms with Crippen molar-refractivity contribution in [3.63, 3.8) is 0 Å². The fourth-order valence-corrected chi connectivity index (χ4v) is 4.26. The molecule has 2 aliphatic rings. The number of hydrogen-bond acceptors (Lipinski definition) is 11. The van der Waals surface area contributed by atoms with Gasteiger partial charge < -0.3 is 34.6 Å². The summed E-state index contributed by atoms with van der Waals surface area (Å²) < 4.78 is 23.6. The SMILES string of the molecule is O=C1[C@@H](O)[C@H](O)C(=O)N1CCP(=O)(O)OC[C@H]1O[C@@H](Cn2ccc(=O)[nH]c2=O)[C@H](O)[C@@H]1O. The van der Waals surface area contributed by atoms with Gasteiger partial charge in [0.15, 0.2) is 12.2 Å². The van der Waals surface area contributed by atoms with E-state index in [0.29, 0.717) is 4.90 Å². The second kappa shape index (κ2) is 9.33. The number of aliphatic hydroxyl groups excluding tert-OH is 4. The van der Waals surface area contributed by atoms with Crippen molar-refractivity contribution in [2.75, 3.05) is 19.3 Å². The molecule has 1 aromatic heterocycles. The first-order valence-corrected chi connectivity index (χ1v) is 11.2. The van der Waals surface area contributed by atoms with E-state index in [-0.39, 0.29) is 6.54 Å². The van der Waals surface area contributed by atoms with Crippen LogP contribution in [0.4, 0.5) is 0 Å². The third kappa shape index (κ3) is 5.05. The molecule has 7 atom stereocenters. The summed E-state index contributed by atoms with van der Waals surface area (Å²) in [5, 5.41) is 39.0. The van der Waals surface area contributed by atoms with Gasteiger partial charge in [-0.2, -0.15) is 0 Å². The maximum atomic E-state index is 12.2. The zero-order valence-corrected chi connectivity index (χ0v) is 17.3. The van der Waals surface area contributed by atoms with Gasteiger partial charge in [0, 0.05) is 18.8 Å². The summed E-state index contributed by atoms with van der Waals surface area (Å²) in [6, 6.07) is 1.08. The van der Waals surface area contributed by atoms with E-state index in [2.05, 4.69) is 0 Å². The van der Waals surface area contributed by atoms with Gasteiger partial charge in [-0.15, -0.1) is 0 Å². The zero-order valence-electron chi connectivity index (χ0n) is 16.4. The second-order valence-corrected chi connectivity index (χ2v) is 9.31. The first-order valence-electron chi connectivity index (χ1n) is 9.40. The van der Waals surface area contributed by atoms with Crippen LogP contribution < -0.4 is 11.2 Å². The fraction of sp³-hybridized carbons (Fsp3) is 0.625. The highest BCUT2D eigenvalue weighted by molar-refractivity contribution is 7.52. The van der Waals surface area contributed by atoms with Crippen molar-refractivity contribution in [1.29, 1.82) is 0 Å². The lowest BCUT2D eigenvalue weighted by Crippen LogP contribution is -2.38. The molecule has 2 fully saturated rings. The van der Waals surface area contributed by atoms with E-state index in [1.54, 1.807) is 0 Å².